The minimum atomic E-state index is -0.484. The molecular formula is C17H14N2O3S. The van der Waals surface area contributed by atoms with E-state index in [0.29, 0.717) is 0 Å². The van der Waals surface area contributed by atoms with Gasteiger partial charge in [0.05, 0.1) is 5.56 Å². The van der Waals surface area contributed by atoms with Gasteiger partial charge in [0.2, 0.25) is 0 Å². The number of aromatic hydroxyl groups is 2. The Morgan fingerprint density at radius 1 is 1.09 bits per heavy atom. The predicted octanol–water partition coefficient (Wildman–Crippen LogP) is 3.07. The summed E-state index contributed by atoms with van der Waals surface area (Å²) in [6.07, 6.45) is 1.67. The van der Waals surface area contributed by atoms with E-state index in [1.165, 1.54) is 29.5 Å². The molecule has 3 rings (SSSR count). The van der Waals surface area contributed by atoms with Crippen LogP contribution in [-0.2, 0) is 0 Å². The van der Waals surface area contributed by atoms with Gasteiger partial charge >= 0.3 is 0 Å². The Kier molecular flexibility index (Phi) is 4.25. The Hall–Kier alpha value is -2.86. The summed E-state index contributed by atoms with van der Waals surface area (Å²) in [6.45, 7) is 0. The minimum absolute atomic E-state index is 0.0162. The molecule has 0 spiro atoms. The molecule has 1 amide bonds. The number of carbonyl (C=O) groups is 1. The highest BCUT2D eigenvalue weighted by Gasteiger charge is 2.22. The van der Waals surface area contributed by atoms with Gasteiger partial charge in [0.1, 0.15) is 11.0 Å². The zero-order valence-electron chi connectivity index (χ0n) is 12.0. The van der Waals surface area contributed by atoms with Crippen molar-refractivity contribution >= 4 is 17.2 Å². The number of benzene rings is 2. The van der Waals surface area contributed by atoms with Crippen LogP contribution in [0.15, 0.2) is 60.1 Å². The maximum Gasteiger partial charge on any atom is 0.256 e. The lowest BCUT2D eigenvalue weighted by atomic mass is 10.1. The van der Waals surface area contributed by atoms with Crippen molar-refractivity contribution in [1.29, 1.82) is 0 Å². The summed E-state index contributed by atoms with van der Waals surface area (Å²) in [4.78, 5) is 16.8. The van der Waals surface area contributed by atoms with Gasteiger partial charge in [0.25, 0.3) is 5.91 Å². The van der Waals surface area contributed by atoms with Crippen LogP contribution in [0.4, 0.5) is 0 Å². The summed E-state index contributed by atoms with van der Waals surface area (Å²) in [5.74, 6) is -1.25. The molecule has 0 aliphatic heterocycles. The highest BCUT2D eigenvalue weighted by atomic mass is 32.1. The fourth-order valence-corrected chi connectivity index (χ4v) is 2.95. The summed E-state index contributed by atoms with van der Waals surface area (Å²) < 4.78 is 0. The van der Waals surface area contributed by atoms with E-state index >= 15 is 0 Å². The molecule has 0 aliphatic rings. The lowest BCUT2D eigenvalue weighted by Crippen LogP contribution is -2.29. The second-order valence-corrected chi connectivity index (χ2v) is 5.79. The van der Waals surface area contributed by atoms with E-state index < -0.39 is 17.7 Å². The topological polar surface area (TPSA) is 82.5 Å². The van der Waals surface area contributed by atoms with E-state index in [0.717, 1.165) is 10.6 Å². The van der Waals surface area contributed by atoms with Crippen LogP contribution in [0, 0.1) is 0 Å². The maximum atomic E-state index is 12.5. The van der Waals surface area contributed by atoms with Crippen LogP contribution in [0.2, 0.25) is 0 Å². The molecule has 116 valence electrons. The van der Waals surface area contributed by atoms with Crippen molar-refractivity contribution in [2.75, 3.05) is 0 Å². The number of para-hydroxylation sites is 1. The second-order valence-electron chi connectivity index (χ2n) is 4.86. The van der Waals surface area contributed by atoms with Gasteiger partial charge in [-0.1, -0.05) is 36.4 Å². The fourth-order valence-electron chi connectivity index (χ4n) is 2.23. The van der Waals surface area contributed by atoms with Crippen LogP contribution in [0.3, 0.4) is 0 Å². The van der Waals surface area contributed by atoms with Gasteiger partial charge in [0, 0.05) is 11.6 Å². The largest absolute Gasteiger partial charge is 0.504 e. The monoisotopic (exact) mass is 326 g/mol. The third-order valence-electron chi connectivity index (χ3n) is 3.37. The van der Waals surface area contributed by atoms with Gasteiger partial charge in [-0.25, -0.2) is 4.98 Å². The van der Waals surface area contributed by atoms with Crippen LogP contribution in [0.1, 0.15) is 27.0 Å². The molecule has 0 saturated carbocycles. The van der Waals surface area contributed by atoms with Crippen molar-refractivity contribution < 1.29 is 15.0 Å². The Bertz CT molecular complexity index is 804. The summed E-state index contributed by atoms with van der Waals surface area (Å²) in [5.41, 5.74) is 0.901. The number of phenols is 2. The van der Waals surface area contributed by atoms with Crippen molar-refractivity contribution in [2.45, 2.75) is 6.04 Å². The third-order valence-corrected chi connectivity index (χ3v) is 4.21. The Morgan fingerprint density at radius 2 is 1.87 bits per heavy atom. The van der Waals surface area contributed by atoms with Crippen molar-refractivity contribution in [3.63, 3.8) is 0 Å². The molecule has 5 nitrogen and oxygen atoms in total. The van der Waals surface area contributed by atoms with Gasteiger partial charge in [-0.2, -0.15) is 0 Å². The second kappa shape index (κ2) is 6.50. The Balaban J connectivity index is 1.93. The zero-order valence-corrected chi connectivity index (χ0v) is 12.8. The van der Waals surface area contributed by atoms with Crippen LogP contribution in [0.25, 0.3) is 0 Å². The lowest BCUT2D eigenvalue weighted by Gasteiger charge is -2.17. The Morgan fingerprint density at radius 3 is 2.57 bits per heavy atom. The highest BCUT2D eigenvalue weighted by Crippen LogP contribution is 2.30. The van der Waals surface area contributed by atoms with Crippen LogP contribution >= 0.6 is 11.3 Å². The molecule has 2 aromatic carbocycles. The van der Waals surface area contributed by atoms with E-state index in [4.69, 9.17) is 0 Å². The normalized spacial score (nSPS) is 11.8. The van der Waals surface area contributed by atoms with Crippen LogP contribution in [-0.4, -0.2) is 21.1 Å². The average Bonchev–Trinajstić information content (AvgIpc) is 3.10. The van der Waals surface area contributed by atoms with Gasteiger partial charge in [-0.15, -0.1) is 11.3 Å². The van der Waals surface area contributed by atoms with E-state index in [2.05, 4.69) is 10.3 Å². The molecule has 1 heterocycles. The maximum absolute atomic E-state index is 12.5. The number of nitrogens with zero attached hydrogens (tertiary/aromatic N) is 1. The molecule has 6 heteroatoms. The summed E-state index contributed by atoms with van der Waals surface area (Å²) in [6, 6.07) is 13.3. The molecule has 0 radical (unpaired) electrons. The Labute approximate surface area is 136 Å². The zero-order chi connectivity index (χ0) is 16.2. The van der Waals surface area contributed by atoms with Gasteiger partial charge < -0.3 is 15.5 Å². The number of nitrogens with one attached hydrogen (secondary N) is 1. The smallest absolute Gasteiger partial charge is 0.256 e. The van der Waals surface area contributed by atoms with Crippen molar-refractivity contribution in [1.82, 2.24) is 10.3 Å². The van der Waals surface area contributed by atoms with Gasteiger partial charge in [0.15, 0.2) is 11.5 Å². The van der Waals surface area contributed by atoms with Gasteiger partial charge in [-0.05, 0) is 17.7 Å². The van der Waals surface area contributed by atoms with Crippen LogP contribution < -0.4 is 5.32 Å². The number of rotatable bonds is 4. The SMILES string of the molecule is O=C(NC(c1ccccc1)c1nccs1)c1cccc(O)c1O. The number of aromatic nitrogens is 1. The predicted molar refractivity (Wildman–Crippen MR) is 87.6 cm³/mol. The fraction of sp³-hybridized carbons (Fsp3) is 0.0588. The average molecular weight is 326 g/mol. The molecule has 1 unspecified atom stereocenters. The third kappa shape index (κ3) is 3.17. The first-order valence-electron chi connectivity index (χ1n) is 6.93. The molecule has 0 aliphatic carbocycles. The molecule has 1 atom stereocenters. The molecule has 1 aromatic heterocycles. The van der Waals surface area contributed by atoms with Crippen LogP contribution in [0.5, 0.6) is 11.5 Å². The molecule has 23 heavy (non-hydrogen) atoms. The number of thiazole rings is 1. The number of hydrogen-bond donors (Lipinski definition) is 3. The summed E-state index contributed by atoms with van der Waals surface area (Å²) in [5, 5.41) is 24.8. The molecule has 0 bridgehead atoms. The number of hydrogen-bond acceptors (Lipinski definition) is 5. The molecule has 0 saturated heterocycles. The molecular weight excluding hydrogens is 312 g/mol. The highest BCUT2D eigenvalue weighted by molar-refractivity contribution is 7.09. The molecule has 0 fully saturated rings. The number of amides is 1. The molecule has 3 N–H and O–H groups in total. The first-order chi connectivity index (χ1) is 11.2. The summed E-state index contributed by atoms with van der Waals surface area (Å²) in [7, 11) is 0. The quantitative estimate of drug-likeness (QED) is 0.644. The molecule has 3 aromatic rings. The van der Waals surface area contributed by atoms with E-state index in [1.807, 2.05) is 35.7 Å². The number of phenolic OH excluding ortho intramolecular Hbond substituents is 2. The van der Waals surface area contributed by atoms with E-state index in [-0.39, 0.29) is 11.3 Å². The first kappa shape index (κ1) is 15.1. The standard InChI is InChI=1S/C17H14N2O3S/c20-13-8-4-7-12(15(13)21)16(22)19-14(17-18-9-10-23-17)11-5-2-1-3-6-11/h1-10,14,20-21H,(H,19,22). The van der Waals surface area contributed by atoms with Crippen molar-refractivity contribution in [3.05, 3.63) is 76.2 Å². The van der Waals surface area contributed by atoms with Gasteiger partial charge in [-0.3, -0.25) is 4.79 Å². The lowest BCUT2D eigenvalue weighted by molar-refractivity contribution is 0.0939. The number of carbonyl (C=O) groups excluding carboxylic acids is 1. The van der Waals surface area contributed by atoms with Crippen molar-refractivity contribution in [2.24, 2.45) is 0 Å². The van der Waals surface area contributed by atoms with E-state index in [9.17, 15) is 15.0 Å². The minimum Gasteiger partial charge on any atom is -0.504 e. The summed E-state index contributed by atoms with van der Waals surface area (Å²) >= 11 is 1.43. The first-order valence-corrected chi connectivity index (χ1v) is 7.81. The van der Waals surface area contributed by atoms with E-state index in [1.54, 1.807) is 6.20 Å². The van der Waals surface area contributed by atoms with Crippen molar-refractivity contribution in [3.8, 4) is 11.5 Å².